The van der Waals surface area contributed by atoms with E-state index < -0.39 is 0 Å². The predicted octanol–water partition coefficient (Wildman–Crippen LogP) is 1.50. The van der Waals surface area contributed by atoms with E-state index in [1.807, 2.05) is 0 Å². The SMILES string of the molecule is CCNC1CCOCC1CN1CCCC(OCC)C1. The molecule has 19 heavy (non-hydrogen) atoms. The summed E-state index contributed by atoms with van der Waals surface area (Å²) < 4.78 is 11.5. The third-order valence-corrected chi connectivity index (χ3v) is 4.30. The number of hydrogen-bond acceptors (Lipinski definition) is 4. The Balaban J connectivity index is 1.80. The van der Waals surface area contributed by atoms with E-state index in [0.717, 1.165) is 45.9 Å². The van der Waals surface area contributed by atoms with Crippen LogP contribution in [0.25, 0.3) is 0 Å². The molecule has 2 heterocycles. The Morgan fingerprint density at radius 1 is 1.32 bits per heavy atom. The molecule has 2 aliphatic rings. The molecule has 0 bridgehead atoms. The lowest BCUT2D eigenvalue weighted by molar-refractivity contribution is -0.0202. The minimum Gasteiger partial charge on any atom is -0.381 e. The van der Waals surface area contributed by atoms with Crippen LogP contribution in [0.15, 0.2) is 0 Å². The summed E-state index contributed by atoms with van der Waals surface area (Å²) in [5.41, 5.74) is 0. The summed E-state index contributed by atoms with van der Waals surface area (Å²) in [5, 5.41) is 3.62. The number of nitrogens with one attached hydrogen (secondary N) is 1. The monoisotopic (exact) mass is 270 g/mol. The van der Waals surface area contributed by atoms with Gasteiger partial charge in [0.2, 0.25) is 0 Å². The van der Waals surface area contributed by atoms with Gasteiger partial charge in [-0.05, 0) is 39.3 Å². The van der Waals surface area contributed by atoms with Gasteiger partial charge in [-0.1, -0.05) is 6.92 Å². The van der Waals surface area contributed by atoms with Gasteiger partial charge in [0.25, 0.3) is 0 Å². The third-order valence-electron chi connectivity index (χ3n) is 4.30. The minimum atomic E-state index is 0.445. The van der Waals surface area contributed by atoms with E-state index in [1.54, 1.807) is 0 Å². The molecule has 0 amide bonds. The zero-order chi connectivity index (χ0) is 13.5. The molecule has 0 aliphatic carbocycles. The maximum atomic E-state index is 5.79. The van der Waals surface area contributed by atoms with Crippen molar-refractivity contribution in [1.82, 2.24) is 10.2 Å². The van der Waals surface area contributed by atoms with Gasteiger partial charge in [0.05, 0.1) is 12.7 Å². The topological polar surface area (TPSA) is 33.7 Å². The molecule has 4 nitrogen and oxygen atoms in total. The number of ether oxygens (including phenoxy) is 2. The van der Waals surface area contributed by atoms with Crippen molar-refractivity contribution in [2.75, 3.05) is 46.0 Å². The Bertz CT molecular complexity index is 246. The smallest absolute Gasteiger partial charge is 0.0702 e. The largest absolute Gasteiger partial charge is 0.381 e. The maximum Gasteiger partial charge on any atom is 0.0702 e. The van der Waals surface area contributed by atoms with Gasteiger partial charge in [0, 0.05) is 38.3 Å². The highest BCUT2D eigenvalue weighted by Gasteiger charge is 2.29. The lowest BCUT2D eigenvalue weighted by atomic mass is 9.94. The second-order valence-electron chi connectivity index (χ2n) is 5.77. The number of rotatable bonds is 6. The number of likely N-dealkylation sites (tertiary alicyclic amines) is 1. The van der Waals surface area contributed by atoms with Crippen LogP contribution in [0.1, 0.15) is 33.1 Å². The standard InChI is InChI=1S/C15H30N2O2/c1-3-16-15-7-9-18-12-13(15)10-17-8-5-6-14(11-17)19-4-2/h13-16H,3-12H2,1-2H3. The van der Waals surface area contributed by atoms with E-state index in [4.69, 9.17) is 9.47 Å². The summed E-state index contributed by atoms with van der Waals surface area (Å²) in [6, 6.07) is 0.631. The van der Waals surface area contributed by atoms with Crippen LogP contribution in [-0.2, 0) is 9.47 Å². The van der Waals surface area contributed by atoms with Gasteiger partial charge >= 0.3 is 0 Å². The van der Waals surface area contributed by atoms with Crippen molar-refractivity contribution in [3.63, 3.8) is 0 Å². The van der Waals surface area contributed by atoms with E-state index in [2.05, 4.69) is 24.1 Å². The Kier molecular flexibility index (Phi) is 6.57. The van der Waals surface area contributed by atoms with Crippen molar-refractivity contribution in [3.8, 4) is 0 Å². The lowest BCUT2D eigenvalue weighted by Gasteiger charge is -2.39. The normalized spacial score (nSPS) is 33.5. The van der Waals surface area contributed by atoms with E-state index in [0.29, 0.717) is 18.1 Å². The fourth-order valence-corrected chi connectivity index (χ4v) is 3.39. The maximum absolute atomic E-state index is 5.79. The number of piperidine rings is 1. The number of nitrogens with zero attached hydrogens (tertiary/aromatic N) is 1. The molecule has 2 aliphatic heterocycles. The fraction of sp³-hybridized carbons (Fsp3) is 1.00. The van der Waals surface area contributed by atoms with Crippen molar-refractivity contribution in [3.05, 3.63) is 0 Å². The van der Waals surface area contributed by atoms with Gasteiger partial charge in [0.15, 0.2) is 0 Å². The molecule has 1 N–H and O–H groups in total. The van der Waals surface area contributed by atoms with Gasteiger partial charge in [-0.3, -0.25) is 0 Å². The first-order chi connectivity index (χ1) is 9.33. The van der Waals surface area contributed by atoms with E-state index in [1.165, 1.54) is 19.4 Å². The van der Waals surface area contributed by atoms with Crippen LogP contribution in [0.5, 0.6) is 0 Å². The van der Waals surface area contributed by atoms with Gasteiger partial charge < -0.3 is 19.7 Å². The first-order valence-corrected chi connectivity index (χ1v) is 7.98. The molecule has 3 unspecified atom stereocenters. The number of hydrogen-bond donors (Lipinski definition) is 1. The minimum absolute atomic E-state index is 0.445. The molecule has 0 aromatic heterocycles. The first kappa shape index (κ1) is 15.2. The molecule has 0 saturated carbocycles. The molecule has 2 saturated heterocycles. The van der Waals surface area contributed by atoms with E-state index in [-0.39, 0.29) is 0 Å². The predicted molar refractivity (Wildman–Crippen MR) is 77.5 cm³/mol. The second-order valence-corrected chi connectivity index (χ2v) is 5.77. The van der Waals surface area contributed by atoms with Crippen LogP contribution < -0.4 is 5.32 Å². The quantitative estimate of drug-likeness (QED) is 0.793. The van der Waals surface area contributed by atoms with Crippen LogP contribution in [0, 0.1) is 5.92 Å². The molecule has 2 rings (SSSR count). The molecule has 112 valence electrons. The van der Waals surface area contributed by atoms with Crippen molar-refractivity contribution in [1.29, 1.82) is 0 Å². The van der Waals surface area contributed by atoms with E-state index >= 15 is 0 Å². The second kappa shape index (κ2) is 8.20. The Labute approximate surface area is 117 Å². The average molecular weight is 270 g/mol. The van der Waals surface area contributed by atoms with Crippen molar-refractivity contribution >= 4 is 0 Å². The van der Waals surface area contributed by atoms with Gasteiger partial charge in [-0.25, -0.2) is 0 Å². The molecule has 0 aromatic carbocycles. The van der Waals surface area contributed by atoms with Crippen molar-refractivity contribution < 1.29 is 9.47 Å². The third kappa shape index (κ3) is 4.71. The molecular weight excluding hydrogens is 240 g/mol. The Morgan fingerprint density at radius 3 is 3.00 bits per heavy atom. The van der Waals surface area contributed by atoms with Gasteiger partial charge in [0.1, 0.15) is 0 Å². The fourth-order valence-electron chi connectivity index (χ4n) is 3.39. The van der Waals surface area contributed by atoms with Crippen LogP contribution in [-0.4, -0.2) is 63.0 Å². The van der Waals surface area contributed by atoms with Gasteiger partial charge in [-0.15, -0.1) is 0 Å². The summed E-state index contributed by atoms with van der Waals surface area (Å²) in [4.78, 5) is 2.58. The summed E-state index contributed by atoms with van der Waals surface area (Å²) in [6.07, 6.45) is 4.09. The molecule has 0 aromatic rings. The van der Waals surface area contributed by atoms with Crippen molar-refractivity contribution in [2.45, 2.75) is 45.3 Å². The highest BCUT2D eigenvalue weighted by Crippen LogP contribution is 2.20. The van der Waals surface area contributed by atoms with Gasteiger partial charge in [-0.2, -0.15) is 0 Å². The summed E-state index contributed by atoms with van der Waals surface area (Å²) in [6.45, 7) is 11.5. The Hall–Kier alpha value is -0.160. The summed E-state index contributed by atoms with van der Waals surface area (Å²) >= 11 is 0. The zero-order valence-electron chi connectivity index (χ0n) is 12.6. The molecule has 4 heteroatoms. The van der Waals surface area contributed by atoms with E-state index in [9.17, 15) is 0 Å². The van der Waals surface area contributed by atoms with Crippen LogP contribution in [0.2, 0.25) is 0 Å². The Morgan fingerprint density at radius 2 is 2.21 bits per heavy atom. The molecule has 0 radical (unpaired) electrons. The highest BCUT2D eigenvalue weighted by atomic mass is 16.5. The lowest BCUT2D eigenvalue weighted by Crippen LogP contribution is -2.50. The molecular formula is C15H30N2O2. The highest BCUT2D eigenvalue weighted by molar-refractivity contribution is 4.84. The molecule has 2 fully saturated rings. The summed E-state index contributed by atoms with van der Waals surface area (Å²) in [7, 11) is 0. The van der Waals surface area contributed by atoms with Crippen LogP contribution in [0.3, 0.4) is 0 Å². The summed E-state index contributed by atoms with van der Waals surface area (Å²) in [5.74, 6) is 0.633. The van der Waals surface area contributed by atoms with Crippen LogP contribution in [0.4, 0.5) is 0 Å². The molecule has 0 spiro atoms. The zero-order valence-corrected chi connectivity index (χ0v) is 12.6. The first-order valence-electron chi connectivity index (χ1n) is 7.98. The molecule has 3 atom stereocenters. The van der Waals surface area contributed by atoms with Crippen molar-refractivity contribution in [2.24, 2.45) is 5.92 Å². The van der Waals surface area contributed by atoms with Crippen LogP contribution >= 0.6 is 0 Å². The average Bonchev–Trinajstić information content (AvgIpc) is 2.42.